The van der Waals surface area contributed by atoms with E-state index in [0.29, 0.717) is 29.3 Å². The summed E-state index contributed by atoms with van der Waals surface area (Å²) in [5.74, 6) is 0.0478. The van der Waals surface area contributed by atoms with Crippen LogP contribution < -0.4 is 15.4 Å². The molecule has 0 bridgehead atoms. The van der Waals surface area contributed by atoms with E-state index in [0.717, 1.165) is 11.5 Å². The molecule has 1 atom stereocenters. The molecule has 2 heterocycles. The molecule has 1 unspecified atom stereocenters. The predicted octanol–water partition coefficient (Wildman–Crippen LogP) is 1.48. The first-order chi connectivity index (χ1) is 9.43. The van der Waals surface area contributed by atoms with E-state index in [-0.39, 0.29) is 12.2 Å². The normalized spacial score (nSPS) is 18.6. The smallest absolute Gasteiger partial charge is 0.350 e. The van der Waals surface area contributed by atoms with Crippen LogP contribution in [-0.2, 0) is 4.74 Å². The molecule has 0 aliphatic carbocycles. The number of esters is 1. The monoisotopic (exact) mass is 300 g/mol. The number of hydrogen-bond donors (Lipinski definition) is 2. The third kappa shape index (κ3) is 2.83. The summed E-state index contributed by atoms with van der Waals surface area (Å²) in [6.45, 7) is 5.04. The fraction of sp³-hybridized carbons (Fsp3) is 0.615. The lowest BCUT2D eigenvalue weighted by Crippen LogP contribution is -2.21. The molecule has 1 aromatic rings. The second-order valence-electron chi connectivity index (χ2n) is 5.03. The summed E-state index contributed by atoms with van der Waals surface area (Å²) >= 11 is 1.25. The molecule has 0 saturated carbocycles. The number of rotatable bonds is 4. The number of β-amino-alcohol motifs (C(OH)–C–C–N with tert-alkyl or cyclic N) is 1. The topological polar surface area (TPSA) is 85.0 Å². The molecule has 20 heavy (non-hydrogen) atoms. The minimum Gasteiger partial charge on any atom is -0.486 e. The minimum atomic E-state index is -0.466. The van der Waals surface area contributed by atoms with E-state index in [1.807, 2.05) is 18.7 Å². The molecule has 1 saturated heterocycles. The van der Waals surface area contributed by atoms with Gasteiger partial charge in [0.05, 0.1) is 19.3 Å². The number of nitrogens with two attached hydrogens (primary N) is 1. The highest BCUT2D eigenvalue weighted by atomic mass is 32.1. The van der Waals surface area contributed by atoms with Crippen molar-refractivity contribution >= 4 is 28.0 Å². The summed E-state index contributed by atoms with van der Waals surface area (Å²) in [7, 11) is 1.32. The lowest BCUT2D eigenvalue weighted by atomic mass is 10.3. The van der Waals surface area contributed by atoms with Crippen LogP contribution in [0, 0.1) is 0 Å². The van der Waals surface area contributed by atoms with Crippen molar-refractivity contribution in [2.45, 2.75) is 32.5 Å². The van der Waals surface area contributed by atoms with Gasteiger partial charge >= 0.3 is 5.97 Å². The van der Waals surface area contributed by atoms with Gasteiger partial charge < -0.3 is 25.2 Å². The molecule has 1 aromatic heterocycles. The highest BCUT2D eigenvalue weighted by Crippen LogP contribution is 2.46. The van der Waals surface area contributed by atoms with Gasteiger partial charge in [0, 0.05) is 13.1 Å². The Balaban J connectivity index is 2.40. The number of aliphatic hydroxyl groups excluding tert-OH is 1. The van der Waals surface area contributed by atoms with Gasteiger partial charge in [-0.3, -0.25) is 0 Å². The zero-order valence-electron chi connectivity index (χ0n) is 11.9. The zero-order chi connectivity index (χ0) is 14.9. The van der Waals surface area contributed by atoms with Gasteiger partial charge in [0.15, 0.2) is 5.75 Å². The molecule has 6 nitrogen and oxygen atoms in total. The van der Waals surface area contributed by atoms with Crippen molar-refractivity contribution in [3.05, 3.63) is 4.88 Å². The Morgan fingerprint density at radius 3 is 2.75 bits per heavy atom. The Bertz CT molecular complexity index is 501. The fourth-order valence-corrected chi connectivity index (χ4v) is 3.25. The highest BCUT2D eigenvalue weighted by molar-refractivity contribution is 7.19. The maximum Gasteiger partial charge on any atom is 0.350 e. The van der Waals surface area contributed by atoms with Crippen LogP contribution in [0.25, 0.3) is 0 Å². The van der Waals surface area contributed by atoms with Crippen molar-refractivity contribution in [2.75, 3.05) is 30.8 Å². The van der Waals surface area contributed by atoms with Gasteiger partial charge in [-0.25, -0.2) is 4.79 Å². The van der Waals surface area contributed by atoms with Gasteiger partial charge in [-0.15, -0.1) is 11.3 Å². The van der Waals surface area contributed by atoms with Crippen LogP contribution in [0.4, 0.5) is 10.7 Å². The molecule has 0 aromatic carbocycles. The summed E-state index contributed by atoms with van der Waals surface area (Å²) in [5, 5.41) is 10.4. The van der Waals surface area contributed by atoms with Crippen LogP contribution in [0.5, 0.6) is 5.75 Å². The van der Waals surface area contributed by atoms with E-state index in [1.165, 1.54) is 18.4 Å². The van der Waals surface area contributed by atoms with Crippen molar-refractivity contribution in [3.8, 4) is 5.75 Å². The third-order valence-electron chi connectivity index (χ3n) is 3.06. The largest absolute Gasteiger partial charge is 0.486 e. The SMILES string of the molecule is COC(=O)c1sc(N2CCC(O)C2)c(OC(C)C)c1N. The number of nitrogen functional groups attached to an aromatic ring is 1. The van der Waals surface area contributed by atoms with Crippen LogP contribution in [0.2, 0.25) is 0 Å². The first kappa shape index (κ1) is 14.9. The zero-order valence-corrected chi connectivity index (χ0v) is 12.7. The predicted molar refractivity (Wildman–Crippen MR) is 78.7 cm³/mol. The number of thiophene rings is 1. The number of hydrogen-bond acceptors (Lipinski definition) is 7. The van der Waals surface area contributed by atoms with Crippen molar-refractivity contribution < 1.29 is 19.4 Å². The quantitative estimate of drug-likeness (QED) is 0.819. The second-order valence-corrected chi connectivity index (χ2v) is 6.02. The number of carbonyl (C=O) groups excluding carboxylic acids is 1. The van der Waals surface area contributed by atoms with Crippen LogP contribution in [0.3, 0.4) is 0 Å². The summed E-state index contributed by atoms with van der Waals surface area (Å²) in [6.07, 6.45) is 0.294. The lowest BCUT2D eigenvalue weighted by molar-refractivity contribution is 0.0607. The van der Waals surface area contributed by atoms with Crippen LogP contribution in [0.1, 0.15) is 29.9 Å². The second kappa shape index (κ2) is 5.88. The van der Waals surface area contributed by atoms with E-state index in [1.54, 1.807) is 0 Å². The Kier molecular flexibility index (Phi) is 4.39. The maximum absolute atomic E-state index is 11.7. The Hall–Kier alpha value is -1.47. The molecule has 2 rings (SSSR count). The number of aliphatic hydroxyl groups is 1. The van der Waals surface area contributed by atoms with Gasteiger partial charge in [-0.05, 0) is 20.3 Å². The molecule has 0 amide bonds. The van der Waals surface area contributed by atoms with Gasteiger partial charge in [0.25, 0.3) is 0 Å². The number of nitrogens with zero attached hydrogens (tertiary/aromatic N) is 1. The summed E-state index contributed by atoms with van der Waals surface area (Å²) < 4.78 is 10.5. The number of methoxy groups -OCH3 is 1. The van der Waals surface area contributed by atoms with Gasteiger partial charge in [-0.1, -0.05) is 0 Å². The number of anilines is 2. The van der Waals surface area contributed by atoms with Gasteiger partial charge in [0.2, 0.25) is 0 Å². The summed E-state index contributed by atoms with van der Waals surface area (Å²) in [6, 6.07) is 0. The molecular formula is C13H20N2O4S. The Morgan fingerprint density at radius 2 is 2.25 bits per heavy atom. The average molecular weight is 300 g/mol. The standard InChI is InChI=1S/C13H20N2O4S/c1-7(2)19-10-9(14)11(13(17)18-3)20-12(10)15-5-4-8(16)6-15/h7-8,16H,4-6,14H2,1-3H3. The van der Waals surface area contributed by atoms with E-state index in [9.17, 15) is 9.90 Å². The average Bonchev–Trinajstić information content (AvgIpc) is 2.94. The summed E-state index contributed by atoms with van der Waals surface area (Å²) in [5.41, 5.74) is 6.34. The molecule has 1 fully saturated rings. The van der Waals surface area contributed by atoms with E-state index >= 15 is 0 Å². The van der Waals surface area contributed by atoms with Gasteiger partial charge in [-0.2, -0.15) is 0 Å². The molecule has 1 aliphatic rings. The van der Waals surface area contributed by atoms with Crippen LogP contribution in [-0.4, -0.2) is 43.5 Å². The maximum atomic E-state index is 11.7. The van der Waals surface area contributed by atoms with E-state index in [4.69, 9.17) is 15.2 Å². The molecule has 1 aliphatic heterocycles. The van der Waals surface area contributed by atoms with Crippen molar-refractivity contribution in [2.24, 2.45) is 0 Å². The van der Waals surface area contributed by atoms with Crippen molar-refractivity contribution in [1.82, 2.24) is 0 Å². The van der Waals surface area contributed by atoms with Crippen molar-refractivity contribution in [1.29, 1.82) is 0 Å². The van der Waals surface area contributed by atoms with E-state index in [2.05, 4.69) is 0 Å². The minimum absolute atomic E-state index is 0.0522. The molecule has 3 N–H and O–H groups in total. The number of ether oxygens (including phenoxy) is 2. The Morgan fingerprint density at radius 1 is 1.55 bits per heavy atom. The third-order valence-corrected chi connectivity index (χ3v) is 4.28. The van der Waals surface area contributed by atoms with Crippen molar-refractivity contribution in [3.63, 3.8) is 0 Å². The summed E-state index contributed by atoms with van der Waals surface area (Å²) in [4.78, 5) is 14.1. The first-order valence-electron chi connectivity index (χ1n) is 6.54. The Labute approximate surface area is 122 Å². The lowest BCUT2D eigenvalue weighted by Gasteiger charge is -2.19. The van der Waals surface area contributed by atoms with Crippen LogP contribution in [0.15, 0.2) is 0 Å². The molecule has 112 valence electrons. The highest BCUT2D eigenvalue weighted by Gasteiger charge is 2.30. The molecular weight excluding hydrogens is 280 g/mol. The number of carbonyl (C=O) groups is 1. The van der Waals surface area contributed by atoms with Crippen LogP contribution >= 0.6 is 11.3 Å². The molecule has 0 spiro atoms. The molecule has 0 radical (unpaired) electrons. The molecule has 7 heteroatoms. The van der Waals surface area contributed by atoms with Gasteiger partial charge in [0.1, 0.15) is 15.6 Å². The first-order valence-corrected chi connectivity index (χ1v) is 7.36. The van der Waals surface area contributed by atoms with E-state index < -0.39 is 5.97 Å². The fourth-order valence-electron chi connectivity index (χ4n) is 2.14.